The fourth-order valence-electron chi connectivity index (χ4n) is 3.39. The number of piperidine rings is 1. The molecule has 1 amide bonds. The van der Waals surface area contributed by atoms with Gasteiger partial charge < -0.3 is 15.2 Å². The maximum Gasteiger partial charge on any atom is 0.251 e. The Balaban J connectivity index is 1.57. The normalized spacial score (nSPS) is 14.6. The standard InChI is InChI=1S/C22H27ClN2O3/c1-2-28-20-13-18(12-19(23)21(20)26)22(27)24-14-16-6-8-17(9-7-16)15-25-10-4-3-5-11-25/h6-9,12-13,26H,2-5,10-11,14-15H2,1H3,(H,24,27). The van der Waals surface area contributed by atoms with Crippen LogP contribution in [0.4, 0.5) is 0 Å². The number of phenolic OH excluding ortho intramolecular Hbond substituents is 1. The van der Waals surface area contributed by atoms with Gasteiger partial charge in [-0.2, -0.15) is 0 Å². The molecule has 0 atom stereocenters. The van der Waals surface area contributed by atoms with Crippen molar-refractivity contribution in [2.24, 2.45) is 0 Å². The predicted molar refractivity (Wildman–Crippen MR) is 111 cm³/mol. The summed E-state index contributed by atoms with van der Waals surface area (Å²) >= 11 is 6.00. The van der Waals surface area contributed by atoms with Gasteiger partial charge in [0.05, 0.1) is 11.6 Å². The maximum atomic E-state index is 12.5. The van der Waals surface area contributed by atoms with Crippen LogP contribution >= 0.6 is 11.6 Å². The van der Waals surface area contributed by atoms with Gasteiger partial charge in [-0.05, 0) is 56.1 Å². The Morgan fingerprint density at radius 3 is 2.50 bits per heavy atom. The minimum atomic E-state index is -0.264. The van der Waals surface area contributed by atoms with Crippen LogP contribution in [0.15, 0.2) is 36.4 Å². The number of phenols is 1. The highest BCUT2D eigenvalue weighted by atomic mass is 35.5. The molecule has 1 aliphatic rings. The summed E-state index contributed by atoms with van der Waals surface area (Å²) in [4.78, 5) is 14.9. The van der Waals surface area contributed by atoms with Crippen LogP contribution in [0.5, 0.6) is 11.5 Å². The molecule has 0 saturated carbocycles. The third kappa shape index (κ3) is 5.40. The Morgan fingerprint density at radius 2 is 1.82 bits per heavy atom. The molecule has 1 aliphatic heterocycles. The number of carbonyl (C=O) groups excluding carboxylic acids is 1. The van der Waals surface area contributed by atoms with Crippen molar-refractivity contribution in [3.05, 3.63) is 58.1 Å². The third-order valence-electron chi connectivity index (χ3n) is 4.92. The van der Waals surface area contributed by atoms with Crippen molar-refractivity contribution < 1.29 is 14.6 Å². The average molecular weight is 403 g/mol. The van der Waals surface area contributed by atoms with Gasteiger partial charge in [-0.3, -0.25) is 9.69 Å². The summed E-state index contributed by atoms with van der Waals surface area (Å²) in [7, 11) is 0. The number of aromatic hydroxyl groups is 1. The van der Waals surface area contributed by atoms with Crippen LogP contribution in [-0.2, 0) is 13.1 Å². The molecule has 5 nitrogen and oxygen atoms in total. The molecule has 3 rings (SSSR count). The van der Waals surface area contributed by atoms with Crippen LogP contribution in [-0.4, -0.2) is 35.6 Å². The highest BCUT2D eigenvalue weighted by Gasteiger charge is 2.14. The first kappa shape index (κ1) is 20.5. The molecule has 150 valence electrons. The van der Waals surface area contributed by atoms with Crippen LogP contribution in [0.25, 0.3) is 0 Å². The highest BCUT2D eigenvalue weighted by Crippen LogP contribution is 2.35. The zero-order chi connectivity index (χ0) is 19.9. The first-order valence-corrected chi connectivity index (χ1v) is 10.2. The number of rotatable bonds is 7. The van der Waals surface area contributed by atoms with Crippen molar-refractivity contribution in [1.82, 2.24) is 10.2 Å². The molecule has 0 unspecified atom stereocenters. The summed E-state index contributed by atoms with van der Waals surface area (Å²) in [6.07, 6.45) is 3.92. The molecule has 0 spiro atoms. The largest absolute Gasteiger partial charge is 0.503 e. The van der Waals surface area contributed by atoms with Gasteiger partial charge in [0.15, 0.2) is 11.5 Å². The Hall–Kier alpha value is -2.24. The van der Waals surface area contributed by atoms with Gasteiger partial charge >= 0.3 is 0 Å². The lowest BCUT2D eigenvalue weighted by atomic mass is 10.1. The minimum absolute atomic E-state index is 0.0955. The van der Waals surface area contributed by atoms with Gasteiger partial charge in [0.1, 0.15) is 0 Å². The van der Waals surface area contributed by atoms with Crippen molar-refractivity contribution in [2.45, 2.75) is 39.3 Å². The maximum absolute atomic E-state index is 12.5. The van der Waals surface area contributed by atoms with E-state index in [1.165, 1.54) is 50.0 Å². The Labute approximate surface area is 171 Å². The van der Waals surface area contributed by atoms with E-state index in [9.17, 15) is 9.90 Å². The number of ether oxygens (including phenoxy) is 1. The van der Waals surface area contributed by atoms with Crippen LogP contribution in [0.3, 0.4) is 0 Å². The summed E-state index contributed by atoms with van der Waals surface area (Å²) in [6, 6.07) is 11.3. The van der Waals surface area contributed by atoms with E-state index in [2.05, 4.69) is 34.5 Å². The zero-order valence-corrected chi connectivity index (χ0v) is 17.0. The molecule has 1 saturated heterocycles. The van der Waals surface area contributed by atoms with Crippen molar-refractivity contribution in [3.8, 4) is 11.5 Å². The van der Waals surface area contributed by atoms with Crippen molar-refractivity contribution in [1.29, 1.82) is 0 Å². The second kappa shape index (κ2) is 9.80. The molecule has 0 aromatic heterocycles. The number of likely N-dealkylation sites (tertiary alicyclic amines) is 1. The second-order valence-corrected chi connectivity index (χ2v) is 7.48. The highest BCUT2D eigenvalue weighted by molar-refractivity contribution is 6.32. The monoisotopic (exact) mass is 402 g/mol. The molecular weight excluding hydrogens is 376 g/mol. The van der Waals surface area contributed by atoms with E-state index in [1.807, 2.05) is 0 Å². The molecule has 2 N–H and O–H groups in total. The minimum Gasteiger partial charge on any atom is -0.503 e. The summed E-state index contributed by atoms with van der Waals surface area (Å²) in [6.45, 7) is 5.94. The van der Waals surface area contributed by atoms with Crippen LogP contribution < -0.4 is 10.1 Å². The summed E-state index contributed by atoms with van der Waals surface area (Å²) in [5, 5.41) is 12.9. The molecule has 2 aromatic carbocycles. The number of amides is 1. The van der Waals surface area contributed by atoms with E-state index in [-0.39, 0.29) is 22.4 Å². The fraction of sp³-hybridized carbons (Fsp3) is 0.409. The molecule has 0 radical (unpaired) electrons. The van der Waals surface area contributed by atoms with E-state index in [1.54, 1.807) is 6.92 Å². The van der Waals surface area contributed by atoms with Crippen molar-refractivity contribution in [2.75, 3.05) is 19.7 Å². The smallest absolute Gasteiger partial charge is 0.251 e. The molecule has 1 fully saturated rings. The molecule has 0 aliphatic carbocycles. The number of benzene rings is 2. The van der Waals surface area contributed by atoms with Crippen molar-refractivity contribution in [3.63, 3.8) is 0 Å². The Bertz CT molecular complexity index is 802. The molecule has 2 aromatic rings. The average Bonchev–Trinajstić information content (AvgIpc) is 2.71. The molecule has 0 bridgehead atoms. The summed E-state index contributed by atoms with van der Waals surface area (Å²) in [5.41, 5.74) is 2.68. The fourth-order valence-corrected chi connectivity index (χ4v) is 3.60. The second-order valence-electron chi connectivity index (χ2n) is 7.07. The number of nitrogens with zero attached hydrogens (tertiary/aromatic N) is 1. The van der Waals surface area contributed by atoms with Gasteiger partial charge in [0, 0.05) is 18.7 Å². The molecular formula is C22H27ClN2O3. The van der Waals surface area contributed by atoms with Gasteiger partial charge in [-0.1, -0.05) is 42.3 Å². The lowest BCUT2D eigenvalue weighted by Crippen LogP contribution is -2.29. The number of hydrogen-bond donors (Lipinski definition) is 2. The number of carbonyl (C=O) groups is 1. The SMILES string of the molecule is CCOc1cc(C(=O)NCc2ccc(CN3CCCCC3)cc2)cc(Cl)c1O. The number of hydrogen-bond acceptors (Lipinski definition) is 4. The molecule has 1 heterocycles. The molecule has 28 heavy (non-hydrogen) atoms. The molecule has 6 heteroatoms. The van der Waals surface area contributed by atoms with E-state index in [0.717, 1.165) is 12.1 Å². The van der Waals surface area contributed by atoms with E-state index >= 15 is 0 Å². The predicted octanol–water partition coefficient (Wildman–Crippen LogP) is 4.36. The Morgan fingerprint density at radius 1 is 1.14 bits per heavy atom. The third-order valence-corrected chi connectivity index (χ3v) is 5.21. The Kier molecular flexibility index (Phi) is 7.18. The van der Waals surface area contributed by atoms with Crippen LogP contribution in [0, 0.1) is 0 Å². The van der Waals surface area contributed by atoms with Crippen LogP contribution in [0.1, 0.15) is 47.7 Å². The van der Waals surface area contributed by atoms with Crippen molar-refractivity contribution >= 4 is 17.5 Å². The topological polar surface area (TPSA) is 61.8 Å². The quantitative estimate of drug-likeness (QED) is 0.722. The lowest BCUT2D eigenvalue weighted by molar-refractivity contribution is 0.0950. The number of halogens is 1. The lowest BCUT2D eigenvalue weighted by Gasteiger charge is -2.26. The van der Waals surface area contributed by atoms with E-state index in [4.69, 9.17) is 16.3 Å². The van der Waals surface area contributed by atoms with E-state index in [0.29, 0.717) is 18.7 Å². The summed E-state index contributed by atoms with van der Waals surface area (Å²) in [5.74, 6) is -0.202. The van der Waals surface area contributed by atoms with Gasteiger partial charge in [0.25, 0.3) is 5.91 Å². The summed E-state index contributed by atoms with van der Waals surface area (Å²) < 4.78 is 5.33. The first-order chi connectivity index (χ1) is 13.6. The van der Waals surface area contributed by atoms with E-state index < -0.39 is 0 Å². The van der Waals surface area contributed by atoms with Gasteiger partial charge in [0.2, 0.25) is 0 Å². The zero-order valence-electron chi connectivity index (χ0n) is 16.2. The van der Waals surface area contributed by atoms with Crippen LogP contribution in [0.2, 0.25) is 5.02 Å². The van der Waals surface area contributed by atoms with Gasteiger partial charge in [-0.25, -0.2) is 0 Å². The van der Waals surface area contributed by atoms with Gasteiger partial charge in [-0.15, -0.1) is 0 Å². The number of nitrogens with one attached hydrogen (secondary N) is 1. The first-order valence-electron chi connectivity index (χ1n) is 9.80.